The Hall–Kier alpha value is -7.42. The van der Waals surface area contributed by atoms with Crippen LogP contribution in [0.2, 0.25) is 0 Å². The van der Waals surface area contributed by atoms with Crippen LogP contribution in [0.5, 0.6) is 0 Å². The number of rotatable bonds is 8. The first kappa shape index (κ1) is 35.0. The molecule has 0 atom stereocenters. The SMILES string of the molecule is Cc1ccc(-c2ccc(-n3c4ccccc4c4c(N(c5ccc(-c6ccccc6)cc5)c5ccccc5-c5ccccc5)cccc43)cc2-c2ccc(C)cc2)cc1. The van der Waals surface area contributed by atoms with Gasteiger partial charge in [-0.25, -0.2) is 0 Å². The number of anilines is 3. The fraction of sp³-hybridized carbons (Fsp3) is 0.0357. The highest BCUT2D eigenvalue weighted by molar-refractivity contribution is 6.17. The van der Waals surface area contributed by atoms with Crippen molar-refractivity contribution in [3.8, 4) is 50.2 Å². The molecule has 0 spiro atoms. The maximum atomic E-state index is 2.45. The van der Waals surface area contributed by atoms with Crippen LogP contribution in [-0.4, -0.2) is 4.57 Å². The third-order valence-electron chi connectivity index (χ3n) is 11.4. The van der Waals surface area contributed by atoms with Gasteiger partial charge in [0.25, 0.3) is 0 Å². The van der Waals surface area contributed by atoms with E-state index in [-0.39, 0.29) is 0 Å². The summed E-state index contributed by atoms with van der Waals surface area (Å²) in [5, 5.41) is 2.41. The Labute approximate surface area is 340 Å². The largest absolute Gasteiger partial charge is 0.309 e. The molecule has 0 bridgehead atoms. The van der Waals surface area contributed by atoms with Gasteiger partial charge in [-0.2, -0.15) is 0 Å². The van der Waals surface area contributed by atoms with E-state index >= 15 is 0 Å². The summed E-state index contributed by atoms with van der Waals surface area (Å²) in [5.41, 5.74) is 18.9. The van der Waals surface area contributed by atoms with Gasteiger partial charge in [0.05, 0.1) is 22.4 Å². The van der Waals surface area contributed by atoms with Crippen LogP contribution in [0.3, 0.4) is 0 Å². The van der Waals surface area contributed by atoms with Crippen molar-refractivity contribution in [2.24, 2.45) is 0 Å². The van der Waals surface area contributed by atoms with E-state index in [4.69, 9.17) is 0 Å². The molecule has 0 aliphatic rings. The van der Waals surface area contributed by atoms with Crippen LogP contribution in [0, 0.1) is 13.8 Å². The zero-order valence-electron chi connectivity index (χ0n) is 32.7. The molecule has 0 radical (unpaired) electrons. The Balaban J connectivity index is 1.22. The van der Waals surface area contributed by atoms with Gasteiger partial charge in [-0.3, -0.25) is 0 Å². The lowest BCUT2D eigenvalue weighted by Crippen LogP contribution is -2.11. The van der Waals surface area contributed by atoms with Gasteiger partial charge in [0.15, 0.2) is 0 Å². The van der Waals surface area contributed by atoms with E-state index in [1.807, 2.05) is 0 Å². The number of benzene rings is 9. The molecule has 2 heteroatoms. The molecule has 1 heterocycles. The summed E-state index contributed by atoms with van der Waals surface area (Å²) in [6.45, 7) is 4.29. The normalized spacial score (nSPS) is 11.3. The van der Waals surface area contributed by atoms with Gasteiger partial charge in [0.2, 0.25) is 0 Å². The van der Waals surface area contributed by atoms with Gasteiger partial charge in [-0.05, 0) is 101 Å². The molecule has 0 N–H and O–H groups in total. The summed E-state index contributed by atoms with van der Waals surface area (Å²) < 4.78 is 2.45. The minimum absolute atomic E-state index is 1.09. The highest BCUT2D eigenvalue weighted by atomic mass is 15.2. The predicted octanol–water partition coefficient (Wildman–Crippen LogP) is 15.5. The number of aromatic nitrogens is 1. The average Bonchev–Trinajstić information content (AvgIpc) is 3.63. The molecule has 0 unspecified atom stereocenters. The highest BCUT2D eigenvalue weighted by Gasteiger charge is 2.23. The maximum absolute atomic E-state index is 2.45. The average molecular weight is 743 g/mol. The lowest BCUT2D eigenvalue weighted by Gasteiger charge is -2.29. The van der Waals surface area contributed by atoms with Crippen LogP contribution in [0.15, 0.2) is 218 Å². The number of hydrogen-bond donors (Lipinski definition) is 0. The fourth-order valence-corrected chi connectivity index (χ4v) is 8.46. The molecule has 9 aromatic carbocycles. The van der Waals surface area contributed by atoms with Crippen molar-refractivity contribution in [1.82, 2.24) is 4.57 Å². The van der Waals surface area contributed by atoms with E-state index in [1.54, 1.807) is 0 Å². The molecular weight excluding hydrogens is 701 g/mol. The predicted molar refractivity (Wildman–Crippen MR) is 247 cm³/mol. The monoisotopic (exact) mass is 742 g/mol. The summed E-state index contributed by atoms with van der Waals surface area (Å²) in [6, 6.07) is 79.5. The first-order valence-electron chi connectivity index (χ1n) is 20.0. The van der Waals surface area contributed by atoms with Crippen molar-refractivity contribution in [3.63, 3.8) is 0 Å². The molecule has 0 amide bonds. The summed E-state index contributed by atoms with van der Waals surface area (Å²) in [6.07, 6.45) is 0. The van der Waals surface area contributed by atoms with Crippen molar-refractivity contribution >= 4 is 38.9 Å². The molecular formula is C56H42N2. The first-order valence-corrected chi connectivity index (χ1v) is 20.0. The summed E-state index contributed by atoms with van der Waals surface area (Å²) >= 11 is 0. The molecule has 0 saturated heterocycles. The lowest BCUT2D eigenvalue weighted by atomic mass is 9.93. The van der Waals surface area contributed by atoms with E-state index in [0.29, 0.717) is 0 Å². The second-order valence-corrected chi connectivity index (χ2v) is 15.1. The van der Waals surface area contributed by atoms with Crippen molar-refractivity contribution in [2.45, 2.75) is 13.8 Å². The molecule has 0 saturated carbocycles. The first-order chi connectivity index (χ1) is 28.6. The second-order valence-electron chi connectivity index (χ2n) is 15.1. The van der Waals surface area contributed by atoms with Crippen LogP contribution in [-0.2, 0) is 0 Å². The Morgan fingerprint density at radius 1 is 0.345 bits per heavy atom. The standard InChI is InChI=1S/C56H42N2/c1-39-24-28-44(29-25-39)48-37-36-47(38-51(48)45-30-26-40(2)27-31-45)58-53-21-12-10-19-50(53)56-54(22-13-23-55(56)58)57(46-34-32-42(33-35-46)41-14-5-3-6-15-41)52-20-11-9-18-49(52)43-16-7-4-8-17-43/h3-38H,1-2H3. The molecule has 10 rings (SSSR count). The van der Waals surface area contributed by atoms with Crippen LogP contribution in [0.25, 0.3) is 72.0 Å². The molecule has 0 fully saturated rings. The molecule has 10 aromatic rings. The third-order valence-corrected chi connectivity index (χ3v) is 11.4. The smallest absolute Gasteiger partial charge is 0.0562 e. The number of aryl methyl sites for hydroxylation is 2. The van der Waals surface area contributed by atoms with Gasteiger partial charge in [-0.1, -0.05) is 181 Å². The number of nitrogens with zero attached hydrogens (tertiary/aromatic N) is 2. The van der Waals surface area contributed by atoms with Crippen LogP contribution in [0.4, 0.5) is 17.1 Å². The Morgan fingerprint density at radius 2 is 0.862 bits per heavy atom. The van der Waals surface area contributed by atoms with Crippen LogP contribution >= 0.6 is 0 Å². The van der Waals surface area contributed by atoms with Crippen molar-refractivity contribution in [3.05, 3.63) is 230 Å². The zero-order valence-corrected chi connectivity index (χ0v) is 32.7. The zero-order chi connectivity index (χ0) is 39.0. The molecule has 0 aliphatic carbocycles. The summed E-state index contributed by atoms with van der Waals surface area (Å²) in [7, 11) is 0. The van der Waals surface area contributed by atoms with Gasteiger partial charge in [0, 0.05) is 27.7 Å². The van der Waals surface area contributed by atoms with Crippen molar-refractivity contribution in [2.75, 3.05) is 4.90 Å². The lowest BCUT2D eigenvalue weighted by molar-refractivity contribution is 1.18. The maximum Gasteiger partial charge on any atom is 0.0562 e. The minimum Gasteiger partial charge on any atom is -0.309 e. The van der Waals surface area contributed by atoms with Crippen molar-refractivity contribution < 1.29 is 0 Å². The summed E-state index contributed by atoms with van der Waals surface area (Å²) in [4.78, 5) is 2.45. The van der Waals surface area contributed by atoms with E-state index in [9.17, 15) is 0 Å². The fourth-order valence-electron chi connectivity index (χ4n) is 8.46. The minimum atomic E-state index is 1.09. The number of para-hydroxylation sites is 2. The third kappa shape index (κ3) is 6.35. The molecule has 2 nitrogen and oxygen atoms in total. The molecule has 58 heavy (non-hydrogen) atoms. The Kier molecular flexibility index (Phi) is 9.01. The Bertz CT molecular complexity index is 3030. The van der Waals surface area contributed by atoms with Gasteiger partial charge in [0.1, 0.15) is 0 Å². The van der Waals surface area contributed by atoms with E-state index in [1.165, 1.54) is 71.9 Å². The summed E-state index contributed by atoms with van der Waals surface area (Å²) in [5.74, 6) is 0. The second kappa shape index (κ2) is 14.9. The van der Waals surface area contributed by atoms with Crippen LogP contribution in [0.1, 0.15) is 11.1 Å². The molecule has 276 valence electrons. The van der Waals surface area contributed by atoms with E-state index < -0.39 is 0 Å². The number of fused-ring (bicyclic) bond motifs is 3. The van der Waals surface area contributed by atoms with Gasteiger partial charge in [-0.15, -0.1) is 0 Å². The van der Waals surface area contributed by atoms with Gasteiger partial charge >= 0.3 is 0 Å². The van der Waals surface area contributed by atoms with Crippen molar-refractivity contribution in [1.29, 1.82) is 0 Å². The van der Waals surface area contributed by atoms with E-state index in [0.717, 1.165) is 28.3 Å². The topological polar surface area (TPSA) is 8.17 Å². The Morgan fingerprint density at radius 3 is 1.57 bits per heavy atom. The van der Waals surface area contributed by atoms with E-state index in [2.05, 4.69) is 242 Å². The quantitative estimate of drug-likeness (QED) is 0.150. The van der Waals surface area contributed by atoms with Crippen LogP contribution < -0.4 is 4.90 Å². The molecule has 1 aromatic heterocycles. The highest BCUT2D eigenvalue weighted by Crippen LogP contribution is 2.47. The molecule has 0 aliphatic heterocycles. The number of hydrogen-bond acceptors (Lipinski definition) is 1. The van der Waals surface area contributed by atoms with Gasteiger partial charge < -0.3 is 9.47 Å².